The first-order valence-corrected chi connectivity index (χ1v) is 9.21. The van der Waals surface area contributed by atoms with Gasteiger partial charge < -0.3 is 19.7 Å². The van der Waals surface area contributed by atoms with Crippen molar-refractivity contribution in [3.8, 4) is 11.1 Å². The first-order chi connectivity index (χ1) is 13.6. The molecule has 0 aliphatic carbocycles. The fourth-order valence-electron chi connectivity index (χ4n) is 3.55. The third-order valence-electron chi connectivity index (χ3n) is 4.91. The van der Waals surface area contributed by atoms with E-state index in [0.29, 0.717) is 13.0 Å². The van der Waals surface area contributed by atoms with Gasteiger partial charge in [-0.3, -0.25) is 14.6 Å². The molecule has 148 valence electrons. The molecule has 2 amide bonds. The highest BCUT2D eigenvalue weighted by atomic mass is 16.5. The molecule has 1 aliphatic rings. The number of morpholine rings is 1. The number of nitrogens with zero attached hydrogens (tertiary/aromatic N) is 2. The third kappa shape index (κ3) is 4.21. The van der Waals surface area contributed by atoms with Crippen LogP contribution in [0.1, 0.15) is 5.56 Å². The largest absolute Gasteiger partial charge is 0.375 e. The molecule has 0 radical (unpaired) electrons. The predicted octanol–water partition coefficient (Wildman–Crippen LogP) is 1.28. The van der Waals surface area contributed by atoms with E-state index >= 15 is 0 Å². The summed E-state index contributed by atoms with van der Waals surface area (Å²) in [6.45, 7) is 0.884. The van der Waals surface area contributed by atoms with Crippen molar-refractivity contribution in [3.63, 3.8) is 0 Å². The van der Waals surface area contributed by atoms with E-state index in [4.69, 9.17) is 9.47 Å². The summed E-state index contributed by atoms with van der Waals surface area (Å²) in [5.74, 6) is -0.400. The van der Waals surface area contributed by atoms with Gasteiger partial charge in [0.1, 0.15) is 6.61 Å². The van der Waals surface area contributed by atoms with Gasteiger partial charge >= 0.3 is 0 Å². The molecular formula is C21H25N3O4. The van der Waals surface area contributed by atoms with Crippen LogP contribution in [0.4, 0.5) is 0 Å². The normalized spacial score (nSPS) is 19.3. The lowest BCUT2D eigenvalue weighted by Gasteiger charge is -2.41. The maximum Gasteiger partial charge on any atom is 0.254 e. The molecule has 28 heavy (non-hydrogen) atoms. The summed E-state index contributed by atoms with van der Waals surface area (Å²) in [6, 6.07) is 11.7. The zero-order valence-corrected chi connectivity index (χ0v) is 16.2. The molecule has 2 aromatic rings. The molecule has 7 nitrogen and oxygen atoms in total. The number of methoxy groups -OCH3 is 1. The Morgan fingerprint density at radius 1 is 1.29 bits per heavy atom. The Morgan fingerprint density at radius 3 is 2.82 bits per heavy atom. The molecule has 1 saturated heterocycles. The minimum Gasteiger partial charge on any atom is -0.375 e. The molecule has 1 atom stereocenters. The van der Waals surface area contributed by atoms with E-state index in [1.54, 1.807) is 24.3 Å². The van der Waals surface area contributed by atoms with Crippen molar-refractivity contribution < 1.29 is 19.1 Å². The van der Waals surface area contributed by atoms with Gasteiger partial charge in [0.05, 0.1) is 13.2 Å². The summed E-state index contributed by atoms with van der Waals surface area (Å²) >= 11 is 0. The van der Waals surface area contributed by atoms with Gasteiger partial charge in [-0.1, -0.05) is 30.3 Å². The van der Waals surface area contributed by atoms with Gasteiger partial charge in [0.25, 0.3) is 5.91 Å². The Kier molecular flexibility index (Phi) is 6.38. The molecule has 1 aromatic carbocycles. The highest BCUT2D eigenvalue weighted by Gasteiger charge is 2.45. The number of amides is 2. The second-order valence-corrected chi connectivity index (χ2v) is 6.75. The van der Waals surface area contributed by atoms with Crippen LogP contribution in [-0.2, 0) is 25.5 Å². The van der Waals surface area contributed by atoms with Crippen molar-refractivity contribution in [1.82, 2.24) is 15.2 Å². The Hall–Kier alpha value is -2.77. The molecule has 0 spiro atoms. The Balaban J connectivity index is 1.94. The molecule has 0 bridgehead atoms. The number of nitrogens with one attached hydrogen (secondary N) is 1. The number of ether oxygens (including phenoxy) is 2. The van der Waals surface area contributed by atoms with Crippen molar-refractivity contribution >= 4 is 11.8 Å². The lowest BCUT2D eigenvalue weighted by Crippen LogP contribution is -2.62. The number of likely N-dealkylation sites (N-methyl/N-ethyl adjacent to an activating group) is 1. The average molecular weight is 383 g/mol. The third-order valence-corrected chi connectivity index (χ3v) is 4.91. The van der Waals surface area contributed by atoms with Crippen LogP contribution in [0.15, 0.2) is 48.8 Å². The molecule has 1 fully saturated rings. The highest BCUT2D eigenvalue weighted by Crippen LogP contribution is 2.30. The molecular weight excluding hydrogens is 358 g/mol. The second-order valence-electron chi connectivity index (χ2n) is 6.75. The van der Waals surface area contributed by atoms with Gasteiger partial charge in [-0.05, 0) is 17.2 Å². The van der Waals surface area contributed by atoms with Gasteiger partial charge in [0, 0.05) is 45.1 Å². The van der Waals surface area contributed by atoms with Crippen LogP contribution in [0.25, 0.3) is 11.1 Å². The monoisotopic (exact) mass is 383 g/mol. The van der Waals surface area contributed by atoms with E-state index in [-0.39, 0.29) is 31.6 Å². The number of carbonyl (C=O) groups excluding carboxylic acids is 2. The van der Waals surface area contributed by atoms with E-state index in [1.807, 2.05) is 36.4 Å². The maximum atomic E-state index is 12.8. The van der Waals surface area contributed by atoms with Crippen LogP contribution < -0.4 is 5.32 Å². The summed E-state index contributed by atoms with van der Waals surface area (Å²) in [6.07, 6.45) is 3.86. The summed E-state index contributed by atoms with van der Waals surface area (Å²) in [5, 5.41) is 2.70. The summed E-state index contributed by atoms with van der Waals surface area (Å²) < 4.78 is 11.0. The van der Waals surface area contributed by atoms with Crippen molar-refractivity contribution in [1.29, 1.82) is 0 Å². The van der Waals surface area contributed by atoms with Crippen LogP contribution in [0.5, 0.6) is 0 Å². The van der Waals surface area contributed by atoms with Crippen molar-refractivity contribution in [2.45, 2.75) is 12.0 Å². The van der Waals surface area contributed by atoms with Crippen molar-refractivity contribution in [2.24, 2.45) is 0 Å². The smallest absolute Gasteiger partial charge is 0.254 e. The predicted molar refractivity (Wildman–Crippen MR) is 105 cm³/mol. The Bertz CT molecular complexity index is 827. The fraction of sp³-hybridized carbons (Fsp3) is 0.381. The Labute approximate surface area is 164 Å². The molecule has 1 aliphatic heterocycles. The van der Waals surface area contributed by atoms with Crippen LogP contribution in [0, 0.1) is 0 Å². The van der Waals surface area contributed by atoms with Crippen LogP contribution >= 0.6 is 0 Å². The standard InChI is InChI=1S/C21H25N3O4/c1-22-20(26)21(15-24(10-11-28-21)19(25)14-27-2)12-16-6-3-4-8-18(16)17-7-5-9-23-13-17/h3-9,13H,10-12,14-15H2,1-2H3,(H,22,26). The van der Waals surface area contributed by atoms with E-state index in [2.05, 4.69) is 10.3 Å². The van der Waals surface area contributed by atoms with E-state index in [1.165, 1.54) is 7.11 Å². The van der Waals surface area contributed by atoms with Crippen molar-refractivity contribution in [3.05, 3.63) is 54.4 Å². The van der Waals surface area contributed by atoms with Crippen molar-refractivity contribution in [2.75, 3.05) is 40.5 Å². The molecule has 1 unspecified atom stereocenters. The highest BCUT2D eigenvalue weighted by molar-refractivity contribution is 5.87. The zero-order chi connectivity index (χ0) is 20.0. The van der Waals surface area contributed by atoms with Crippen LogP contribution in [-0.4, -0.2) is 67.8 Å². The number of aromatic nitrogens is 1. The molecule has 2 heterocycles. The molecule has 3 rings (SSSR count). The summed E-state index contributed by atoms with van der Waals surface area (Å²) in [7, 11) is 3.06. The van der Waals surface area contributed by atoms with E-state index in [0.717, 1.165) is 16.7 Å². The lowest BCUT2D eigenvalue weighted by atomic mass is 9.87. The van der Waals surface area contributed by atoms with Gasteiger partial charge in [-0.15, -0.1) is 0 Å². The van der Waals surface area contributed by atoms with Crippen LogP contribution in [0.2, 0.25) is 0 Å². The number of benzene rings is 1. The quantitative estimate of drug-likeness (QED) is 0.813. The second kappa shape index (κ2) is 8.95. The number of pyridine rings is 1. The van der Waals surface area contributed by atoms with Crippen LogP contribution in [0.3, 0.4) is 0 Å². The van der Waals surface area contributed by atoms with Gasteiger partial charge in [-0.2, -0.15) is 0 Å². The number of hydrogen-bond acceptors (Lipinski definition) is 5. The first-order valence-electron chi connectivity index (χ1n) is 9.21. The van der Waals surface area contributed by atoms with Gasteiger partial charge in [0.15, 0.2) is 5.60 Å². The number of carbonyl (C=O) groups is 2. The minimum absolute atomic E-state index is 0.0178. The lowest BCUT2D eigenvalue weighted by molar-refractivity contribution is -0.167. The van der Waals surface area contributed by atoms with E-state index < -0.39 is 5.60 Å². The first kappa shape index (κ1) is 20.0. The molecule has 7 heteroatoms. The zero-order valence-electron chi connectivity index (χ0n) is 16.2. The van der Waals surface area contributed by atoms with Gasteiger partial charge in [0.2, 0.25) is 5.91 Å². The van der Waals surface area contributed by atoms with Gasteiger partial charge in [-0.25, -0.2) is 0 Å². The molecule has 1 N–H and O–H groups in total. The number of rotatable bonds is 6. The minimum atomic E-state index is -1.16. The topological polar surface area (TPSA) is 80.8 Å². The molecule has 0 saturated carbocycles. The SMILES string of the molecule is CNC(=O)C1(Cc2ccccc2-c2cccnc2)CN(C(=O)COC)CCO1. The maximum absolute atomic E-state index is 12.8. The summed E-state index contributed by atoms with van der Waals surface area (Å²) in [4.78, 5) is 31.0. The molecule has 1 aromatic heterocycles. The summed E-state index contributed by atoms with van der Waals surface area (Å²) in [5.41, 5.74) is 1.76. The number of hydrogen-bond donors (Lipinski definition) is 1. The average Bonchev–Trinajstić information content (AvgIpc) is 2.74. The van der Waals surface area contributed by atoms with E-state index in [9.17, 15) is 9.59 Å². The fourth-order valence-corrected chi connectivity index (χ4v) is 3.55. The Morgan fingerprint density at radius 2 is 2.11 bits per heavy atom.